The summed E-state index contributed by atoms with van der Waals surface area (Å²) in [4.78, 5) is 31.1. The second kappa shape index (κ2) is 11.9. The first kappa shape index (κ1) is 31.0. The fourth-order valence-electron chi connectivity index (χ4n) is 4.66. The Morgan fingerprint density at radius 3 is 2.11 bits per heavy atom. The topological polar surface area (TPSA) is 97.4 Å². The molecule has 1 aliphatic rings. The third-order valence-corrected chi connectivity index (χ3v) is 7.62. The summed E-state index contributed by atoms with van der Waals surface area (Å²) < 4.78 is 92.5. The van der Waals surface area contributed by atoms with Gasteiger partial charge in [-0.25, -0.2) is 32.1 Å². The van der Waals surface area contributed by atoms with E-state index in [1.54, 1.807) is 25.7 Å². The molecular weight excluding hydrogens is 614 g/mol. The summed E-state index contributed by atoms with van der Waals surface area (Å²) in [6.45, 7) is 6.06. The van der Waals surface area contributed by atoms with E-state index < -0.39 is 64.0 Å². The fraction of sp³-hybridized carbons (Fsp3) is 0.310. The molecule has 1 N–H and O–H groups in total. The number of thiazole rings is 1. The molecule has 15 heteroatoms. The largest absolute Gasteiger partial charge is 0.444 e. The van der Waals surface area contributed by atoms with Crippen LogP contribution in [0, 0.1) is 34.9 Å². The molecule has 5 rings (SSSR count). The molecule has 2 aromatic heterocycles. The van der Waals surface area contributed by atoms with Crippen molar-refractivity contribution in [3.8, 4) is 27.6 Å². The first-order valence-electron chi connectivity index (χ1n) is 13.3. The van der Waals surface area contributed by atoms with Gasteiger partial charge in [-0.05, 0) is 57.9 Å². The Labute approximate surface area is 250 Å². The summed E-state index contributed by atoms with van der Waals surface area (Å²) in [6, 6.07) is 5.47. The third-order valence-electron chi connectivity index (χ3n) is 6.76. The summed E-state index contributed by atoms with van der Waals surface area (Å²) >= 11 is 0.939. The van der Waals surface area contributed by atoms with Gasteiger partial charge in [0.25, 0.3) is 0 Å². The van der Waals surface area contributed by atoms with Gasteiger partial charge < -0.3 is 14.4 Å². The van der Waals surface area contributed by atoms with Crippen LogP contribution < -0.4 is 4.74 Å². The van der Waals surface area contributed by atoms with Crippen molar-refractivity contribution < 1.29 is 45.4 Å². The summed E-state index contributed by atoms with van der Waals surface area (Å²) in [6.07, 6.45) is 0.583. The van der Waals surface area contributed by atoms with Gasteiger partial charge in [0.05, 0.1) is 5.56 Å². The maximum atomic E-state index is 14.1. The van der Waals surface area contributed by atoms with E-state index in [-0.39, 0.29) is 10.9 Å². The SMILES string of the molecule is CC(C)(C)OC(=O)N1CCC(c2[nH]nc(-c3ccc(F)cc3)c2-c2nc(C(=O)Oc3c(F)c(F)c(F)c(F)c3F)cs2)CC1. The lowest BCUT2D eigenvalue weighted by atomic mass is 9.90. The maximum Gasteiger partial charge on any atom is 0.410 e. The number of nitrogens with one attached hydrogen (secondary N) is 1. The second-order valence-electron chi connectivity index (χ2n) is 10.9. The molecule has 4 aromatic rings. The van der Waals surface area contributed by atoms with Crippen LogP contribution in [0.3, 0.4) is 0 Å². The van der Waals surface area contributed by atoms with Crippen molar-refractivity contribution in [2.45, 2.75) is 45.1 Å². The highest BCUT2D eigenvalue weighted by Gasteiger charge is 2.33. The van der Waals surface area contributed by atoms with E-state index in [0.717, 1.165) is 11.3 Å². The van der Waals surface area contributed by atoms with Gasteiger partial charge in [-0.3, -0.25) is 5.10 Å². The number of hydrogen-bond donors (Lipinski definition) is 1. The second-order valence-corrected chi connectivity index (χ2v) is 11.8. The molecule has 1 aliphatic heterocycles. The van der Waals surface area contributed by atoms with Crippen molar-refractivity contribution in [1.82, 2.24) is 20.1 Å². The van der Waals surface area contributed by atoms with E-state index in [9.17, 15) is 35.9 Å². The molecule has 2 aromatic carbocycles. The number of ether oxygens (including phenoxy) is 2. The lowest BCUT2D eigenvalue weighted by molar-refractivity contribution is 0.0204. The maximum absolute atomic E-state index is 14.1. The van der Waals surface area contributed by atoms with E-state index in [1.165, 1.54) is 29.6 Å². The van der Waals surface area contributed by atoms with Gasteiger partial charge in [-0.15, -0.1) is 11.3 Å². The van der Waals surface area contributed by atoms with Crippen LogP contribution in [-0.4, -0.2) is 50.8 Å². The van der Waals surface area contributed by atoms with Crippen molar-refractivity contribution in [3.05, 3.63) is 75.9 Å². The zero-order valence-corrected chi connectivity index (χ0v) is 24.3. The molecule has 0 aliphatic carbocycles. The molecule has 1 saturated heterocycles. The Morgan fingerprint density at radius 2 is 1.52 bits per heavy atom. The number of rotatable bonds is 5. The minimum Gasteiger partial charge on any atom is -0.444 e. The molecule has 1 fully saturated rings. The molecule has 1 amide bonds. The first-order chi connectivity index (χ1) is 20.7. The fourth-order valence-corrected chi connectivity index (χ4v) is 5.51. The Balaban J connectivity index is 1.46. The van der Waals surface area contributed by atoms with Gasteiger partial charge in [0, 0.05) is 35.6 Å². The molecule has 44 heavy (non-hydrogen) atoms. The summed E-state index contributed by atoms with van der Waals surface area (Å²) in [7, 11) is 0. The highest BCUT2D eigenvalue weighted by molar-refractivity contribution is 7.13. The monoisotopic (exact) mass is 638 g/mol. The normalized spacial score (nSPS) is 14.2. The summed E-state index contributed by atoms with van der Waals surface area (Å²) in [5, 5.41) is 8.84. The zero-order valence-electron chi connectivity index (χ0n) is 23.4. The van der Waals surface area contributed by atoms with Gasteiger partial charge >= 0.3 is 12.1 Å². The van der Waals surface area contributed by atoms with Crippen LogP contribution in [0.1, 0.15) is 55.7 Å². The Hall–Kier alpha value is -4.40. The van der Waals surface area contributed by atoms with Crippen LogP contribution in [0.2, 0.25) is 0 Å². The average molecular weight is 639 g/mol. The predicted octanol–water partition coefficient (Wildman–Crippen LogP) is 7.37. The zero-order chi connectivity index (χ0) is 31.9. The Kier molecular flexibility index (Phi) is 8.42. The lowest BCUT2D eigenvalue weighted by Crippen LogP contribution is -2.41. The number of halogens is 6. The van der Waals surface area contributed by atoms with Crippen molar-refractivity contribution in [2.75, 3.05) is 13.1 Å². The number of nitrogens with zero attached hydrogens (tertiary/aromatic N) is 3. The van der Waals surface area contributed by atoms with Crippen molar-refractivity contribution in [2.24, 2.45) is 0 Å². The van der Waals surface area contributed by atoms with Crippen molar-refractivity contribution in [3.63, 3.8) is 0 Å². The predicted molar refractivity (Wildman–Crippen MR) is 146 cm³/mol. The minimum atomic E-state index is -2.39. The molecule has 0 radical (unpaired) electrons. The van der Waals surface area contributed by atoms with Gasteiger partial charge in [0.2, 0.25) is 34.8 Å². The smallest absolute Gasteiger partial charge is 0.410 e. The summed E-state index contributed by atoms with van der Waals surface area (Å²) in [5.41, 5.74) is 0.814. The number of aromatic amines is 1. The molecule has 0 atom stereocenters. The number of esters is 1. The molecule has 0 bridgehead atoms. The van der Waals surface area contributed by atoms with Gasteiger partial charge in [-0.1, -0.05) is 0 Å². The van der Waals surface area contributed by atoms with Crippen LogP contribution in [0.15, 0.2) is 29.6 Å². The first-order valence-corrected chi connectivity index (χ1v) is 14.1. The van der Waals surface area contributed by atoms with Crippen LogP contribution in [-0.2, 0) is 4.74 Å². The molecule has 3 heterocycles. The number of hydrogen-bond acceptors (Lipinski definition) is 7. The average Bonchev–Trinajstić information content (AvgIpc) is 3.65. The van der Waals surface area contributed by atoms with Crippen molar-refractivity contribution in [1.29, 1.82) is 0 Å². The van der Waals surface area contributed by atoms with Crippen LogP contribution in [0.25, 0.3) is 21.8 Å². The third kappa shape index (κ3) is 6.14. The minimum absolute atomic E-state index is 0.155. The number of likely N-dealkylation sites (tertiary alicyclic amines) is 1. The number of amides is 1. The van der Waals surface area contributed by atoms with Gasteiger partial charge in [0.15, 0.2) is 5.69 Å². The Morgan fingerprint density at radius 1 is 0.932 bits per heavy atom. The number of carbonyl (C=O) groups is 2. The van der Waals surface area contributed by atoms with Crippen LogP contribution in [0.4, 0.5) is 31.1 Å². The molecule has 0 unspecified atom stereocenters. The number of piperidine rings is 1. The number of carbonyl (C=O) groups excluding carboxylic acids is 2. The van der Waals surface area contributed by atoms with E-state index in [4.69, 9.17) is 4.74 Å². The van der Waals surface area contributed by atoms with E-state index in [0.29, 0.717) is 48.4 Å². The summed E-state index contributed by atoms with van der Waals surface area (Å²) in [5.74, 6) is -15.4. The molecule has 0 spiro atoms. The molecule has 232 valence electrons. The number of benzene rings is 2. The van der Waals surface area contributed by atoms with Crippen LogP contribution >= 0.6 is 11.3 Å². The number of aromatic nitrogens is 3. The van der Waals surface area contributed by atoms with E-state index in [1.807, 2.05) is 0 Å². The van der Waals surface area contributed by atoms with Gasteiger partial charge in [0.1, 0.15) is 22.1 Å². The van der Waals surface area contributed by atoms with Crippen molar-refractivity contribution >= 4 is 23.4 Å². The van der Waals surface area contributed by atoms with E-state index >= 15 is 0 Å². The molecule has 0 saturated carbocycles. The Bertz CT molecular complexity index is 1700. The highest BCUT2D eigenvalue weighted by atomic mass is 32.1. The standard InChI is InChI=1S/C29H24F6N4O4S/c1-29(2,3)43-28(41)39-10-8-14(9-11-39)24-17(23(37-38-24)13-4-6-15(30)7-5-13)26-36-16(12-44-26)27(40)42-25-21(34)19(32)18(31)20(33)22(25)35/h4-7,12,14H,8-11H2,1-3H3,(H,37,38). The van der Waals surface area contributed by atoms with Crippen LogP contribution in [0.5, 0.6) is 5.75 Å². The van der Waals surface area contributed by atoms with Gasteiger partial charge in [-0.2, -0.15) is 13.9 Å². The highest BCUT2D eigenvalue weighted by Crippen LogP contribution is 2.41. The molecular formula is C29H24F6N4O4S. The van der Waals surface area contributed by atoms with E-state index in [2.05, 4.69) is 19.9 Å². The number of H-pyrrole nitrogens is 1. The lowest BCUT2D eigenvalue weighted by Gasteiger charge is -2.33. The quantitative estimate of drug-likeness (QED) is 0.0807. The molecule has 8 nitrogen and oxygen atoms in total.